The first-order valence-corrected chi connectivity index (χ1v) is 7.76. The maximum Gasteiger partial charge on any atom is 0.416 e. The molecule has 10 heteroatoms. The van der Waals surface area contributed by atoms with Crippen molar-refractivity contribution >= 4 is 22.6 Å². The standard InChI is InChI=1S/C15H18F3N5O2/c16-15(17,18)9-1-2-11-10(5-9)14(22-23(11)3-4-24)21-12(13(19)25)8-6-20-7-8/h1-2,5,8,12,20,24H,3-4,6-7H2,(H2,19,25)(H,21,22). The van der Waals surface area contributed by atoms with Crippen LogP contribution in [-0.4, -0.2) is 46.5 Å². The smallest absolute Gasteiger partial charge is 0.394 e. The van der Waals surface area contributed by atoms with E-state index in [9.17, 15) is 18.0 Å². The first kappa shape index (κ1) is 17.5. The van der Waals surface area contributed by atoms with E-state index < -0.39 is 23.7 Å². The van der Waals surface area contributed by atoms with Crippen LogP contribution in [0.2, 0.25) is 0 Å². The lowest BCUT2D eigenvalue weighted by atomic mass is 9.93. The number of aliphatic hydroxyl groups excluding tert-OH is 1. The average Bonchev–Trinajstić information content (AvgIpc) is 2.82. The zero-order valence-corrected chi connectivity index (χ0v) is 13.2. The number of hydrogen-bond acceptors (Lipinski definition) is 5. The van der Waals surface area contributed by atoms with Crippen molar-refractivity contribution in [2.45, 2.75) is 18.8 Å². The molecule has 0 radical (unpaired) electrons. The van der Waals surface area contributed by atoms with Crippen LogP contribution in [0.1, 0.15) is 5.56 Å². The van der Waals surface area contributed by atoms with Gasteiger partial charge in [0.25, 0.3) is 0 Å². The third-order valence-corrected chi connectivity index (χ3v) is 4.27. The molecule has 7 nitrogen and oxygen atoms in total. The second-order valence-corrected chi connectivity index (χ2v) is 5.97. The molecular formula is C15H18F3N5O2. The Labute approximate surface area is 141 Å². The summed E-state index contributed by atoms with van der Waals surface area (Å²) in [7, 11) is 0. The topological polar surface area (TPSA) is 105 Å². The molecule has 3 rings (SSSR count). The Morgan fingerprint density at radius 2 is 2.20 bits per heavy atom. The number of primary amides is 1. The van der Waals surface area contributed by atoms with Gasteiger partial charge in [0.2, 0.25) is 5.91 Å². The second-order valence-electron chi connectivity index (χ2n) is 5.97. The predicted octanol–water partition coefficient (Wildman–Crippen LogP) is 0.533. The zero-order valence-electron chi connectivity index (χ0n) is 13.2. The van der Waals surface area contributed by atoms with Gasteiger partial charge in [-0.25, -0.2) is 0 Å². The number of carbonyl (C=O) groups excluding carboxylic acids is 1. The van der Waals surface area contributed by atoms with Crippen LogP contribution in [0.25, 0.3) is 10.9 Å². The highest BCUT2D eigenvalue weighted by Gasteiger charge is 2.34. The van der Waals surface area contributed by atoms with E-state index in [1.54, 1.807) is 0 Å². The van der Waals surface area contributed by atoms with Crippen molar-refractivity contribution < 1.29 is 23.1 Å². The van der Waals surface area contributed by atoms with E-state index in [0.29, 0.717) is 18.6 Å². The highest BCUT2D eigenvalue weighted by atomic mass is 19.4. The van der Waals surface area contributed by atoms with E-state index in [1.165, 1.54) is 10.7 Å². The minimum atomic E-state index is -4.49. The number of amides is 1. The summed E-state index contributed by atoms with van der Waals surface area (Å²) < 4.78 is 40.4. The van der Waals surface area contributed by atoms with E-state index in [0.717, 1.165) is 12.1 Å². The van der Waals surface area contributed by atoms with Crippen molar-refractivity contribution in [2.75, 3.05) is 25.0 Å². The van der Waals surface area contributed by atoms with Crippen LogP contribution < -0.4 is 16.4 Å². The van der Waals surface area contributed by atoms with Gasteiger partial charge in [0.1, 0.15) is 6.04 Å². The number of nitrogens with one attached hydrogen (secondary N) is 2. The van der Waals surface area contributed by atoms with Crippen molar-refractivity contribution in [3.63, 3.8) is 0 Å². The number of nitrogens with zero attached hydrogens (tertiary/aromatic N) is 2. The molecule has 0 saturated carbocycles. The number of alkyl halides is 3. The normalized spacial score (nSPS) is 16.6. The van der Waals surface area contributed by atoms with Crippen molar-refractivity contribution in [3.05, 3.63) is 23.8 Å². The van der Waals surface area contributed by atoms with Crippen LogP contribution in [0, 0.1) is 5.92 Å². The summed E-state index contributed by atoms with van der Waals surface area (Å²) in [6.07, 6.45) is -4.49. The van der Waals surface area contributed by atoms with Crippen LogP contribution in [-0.2, 0) is 17.5 Å². The number of hydrogen-bond donors (Lipinski definition) is 4. The number of aliphatic hydroxyl groups is 1. The Balaban J connectivity index is 2.03. The highest BCUT2D eigenvalue weighted by molar-refractivity contribution is 5.93. The Morgan fingerprint density at radius 3 is 2.72 bits per heavy atom. The first-order valence-electron chi connectivity index (χ1n) is 7.76. The molecule has 1 saturated heterocycles. The molecule has 1 aromatic heterocycles. The van der Waals surface area contributed by atoms with E-state index in [4.69, 9.17) is 10.8 Å². The molecule has 2 aromatic rings. The van der Waals surface area contributed by atoms with Crippen LogP contribution in [0.3, 0.4) is 0 Å². The summed E-state index contributed by atoms with van der Waals surface area (Å²) in [5.41, 5.74) is 5.04. The van der Waals surface area contributed by atoms with Gasteiger partial charge >= 0.3 is 6.18 Å². The van der Waals surface area contributed by atoms with Gasteiger partial charge in [-0.05, 0) is 18.2 Å². The van der Waals surface area contributed by atoms with Gasteiger partial charge in [-0.3, -0.25) is 9.48 Å². The van der Waals surface area contributed by atoms with Crippen molar-refractivity contribution in [2.24, 2.45) is 11.7 Å². The summed E-state index contributed by atoms with van der Waals surface area (Å²) in [4.78, 5) is 11.7. The fourth-order valence-electron chi connectivity index (χ4n) is 2.84. The number of benzene rings is 1. The largest absolute Gasteiger partial charge is 0.416 e. The maximum absolute atomic E-state index is 13.0. The quantitative estimate of drug-likeness (QED) is 0.604. The summed E-state index contributed by atoms with van der Waals surface area (Å²) in [6.45, 7) is 1.08. The van der Waals surface area contributed by atoms with Gasteiger partial charge in [-0.2, -0.15) is 18.3 Å². The number of carbonyl (C=O) groups is 1. The average molecular weight is 357 g/mol. The number of fused-ring (bicyclic) bond motifs is 1. The molecule has 136 valence electrons. The van der Waals surface area contributed by atoms with Gasteiger partial charge < -0.3 is 21.5 Å². The molecular weight excluding hydrogens is 339 g/mol. The SMILES string of the molecule is NC(=O)C(Nc1nn(CCO)c2ccc(C(F)(F)F)cc12)C1CNC1. The van der Waals surface area contributed by atoms with E-state index in [-0.39, 0.29) is 30.3 Å². The molecule has 1 aliphatic rings. The highest BCUT2D eigenvalue weighted by Crippen LogP contribution is 2.34. The zero-order chi connectivity index (χ0) is 18.2. The third-order valence-electron chi connectivity index (χ3n) is 4.27. The minimum Gasteiger partial charge on any atom is -0.394 e. The molecule has 1 amide bonds. The van der Waals surface area contributed by atoms with Gasteiger partial charge in [-0.15, -0.1) is 0 Å². The minimum absolute atomic E-state index is 0.0543. The molecule has 0 spiro atoms. The van der Waals surface area contributed by atoms with Gasteiger partial charge in [0, 0.05) is 24.4 Å². The van der Waals surface area contributed by atoms with Crippen LogP contribution >= 0.6 is 0 Å². The summed E-state index contributed by atoms with van der Waals surface area (Å²) in [6, 6.07) is 2.51. The molecule has 2 heterocycles. The Kier molecular flexibility index (Phi) is 4.56. The molecule has 1 unspecified atom stereocenters. The van der Waals surface area contributed by atoms with Crippen LogP contribution in [0.15, 0.2) is 18.2 Å². The molecule has 25 heavy (non-hydrogen) atoms. The lowest BCUT2D eigenvalue weighted by Crippen LogP contribution is -2.55. The molecule has 5 N–H and O–H groups in total. The first-order chi connectivity index (χ1) is 11.8. The van der Waals surface area contributed by atoms with Crippen LogP contribution in [0.5, 0.6) is 0 Å². The molecule has 1 fully saturated rings. The Bertz CT molecular complexity index is 785. The van der Waals surface area contributed by atoms with Crippen molar-refractivity contribution in [1.29, 1.82) is 0 Å². The van der Waals surface area contributed by atoms with Crippen LogP contribution in [0.4, 0.5) is 19.0 Å². The van der Waals surface area contributed by atoms with Crippen molar-refractivity contribution in [1.82, 2.24) is 15.1 Å². The number of rotatable bonds is 6. The number of aromatic nitrogens is 2. The summed E-state index contributed by atoms with van der Waals surface area (Å²) in [5.74, 6) is -0.505. The molecule has 0 aliphatic carbocycles. The lowest BCUT2D eigenvalue weighted by molar-refractivity contribution is -0.137. The Hall–Kier alpha value is -2.33. The number of halogens is 3. The number of anilines is 1. The molecule has 1 aliphatic heterocycles. The van der Waals surface area contributed by atoms with Gasteiger partial charge in [0.15, 0.2) is 5.82 Å². The maximum atomic E-state index is 13.0. The monoisotopic (exact) mass is 357 g/mol. The molecule has 1 aromatic carbocycles. The lowest BCUT2D eigenvalue weighted by Gasteiger charge is -2.33. The van der Waals surface area contributed by atoms with E-state index >= 15 is 0 Å². The molecule has 0 bridgehead atoms. The fourth-order valence-corrected chi connectivity index (χ4v) is 2.84. The second kappa shape index (κ2) is 6.52. The van der Waals surface area contributed by atoms with Gasteiger partial charge in [0.05, 0.1) is 24.2 Å². The van der Waals surface area contributed by atoms with Gasteiger partial charge in [-0.1, -0.05) is 0 Å². The fraction of sp³-hybridized carbons (Fsp3) is 0.467. The van der Waals surface area contributed by atoms with Crippen molar-refractivity contribution in [3.8, 4) is 0 Å². The van der Waals surface area contributed by atoms with E-state index in [1.807, 2.05) is 0 Å². The molecule has 1 atom stereocenters. The Morgan fingerprint density at radius 1 is 1.48 bits per heavy atom. The number of nitrogens with two attached hydrogens (primary N) is 1. The third kappa shape index (κ3) is 3.40. The predicted molar refractivity (Wildman–Crippen MR) is 84.8 cm³/mol. The van der Waals surface area contributed by atoms with E-state index in [2.05, 4.69) is 15.7 Å². The summed E-state index contributed by atoms with van der Waals surface area (Å²) >= 11 is 0. The summed E-state index contributed by atoms with van der Waals surface area (Å²) in [5, 5.41) is 19.5.